The minimum absolute atomic E-state index is 0. The molecule has 0 aromatic heterocycles. The van der Waals surface area contributed by atoms with Crippen LogP contribution in [0.2, 0.25) is 0 Å². The van der Waals surface area contributed by atoms with Crippen molar-refractivity contribution in [3.8, 4) is 0 Å². The SMILES string of the molecule is CCN(C)CCNC(=O)Cc1cccc(N)c1.Cl. The summed E-state index contributed by atoms with van der Waals surface area (Å²) >= 11 is 0. The number of hydrogen-bond acceptors (Lipinski definition) is 3. The van der Waals surface area contributed by atoms with Crippen LogP contribution in [0.25, 0.3) is 0 Å². The number of hydrogen-bond donors (Lipinski definition) is 2. The highest BCUT2D eigenvalue weighted by Gasteiger charge is 2.03. The molecule has 1 amide bonds. The Bertz CT molecular complexity index is 371. The predicted molar refractivity (Wildman–Crippen MR) is 78.0 cm³/mol. The van der Waals surface area contributed by atoms with Gasteiger partial charge in [-0.15, -0.1) is 12.4 Å². The van der Waals surface area contributed by atoms with E-state index in [4.69, 9.17) is 5.73 Å². The molecule has 0 aliphatic carbocycles. The Morgan fingerprint density at radius 2 is 2.17 bits per heavy atom. The van der Waals surface area contributed by atoms with Crippen LogP contribution >= 0.6 is 12.4 Å². The van der Waals surface area contributed by atoms with E-state index >= 15 is 0 Å². The predicted octanol–water partition coefficient (Wildman–Crippen LogP) is 1.30. The van der Waals surface area contributed by atoms with E-state index in [0.717, 1.165) is 18.7 Å². The van der Waals surface area contributed by atoms with E-state index in [1.807, 2.05) is 31.3 Å². The third-order valence-electron chi connectivity index (χ3n) is 2.67. The summed E-state index contributed by atoms with van der Waals surface area (Å²) in [5.74, 6) is 0.0418. The standard InChI is InChI=1S/C13H21N3O.ClH/c1-3-16(2)8-7-15-13(17)10-11-5-4-6-12(14)9-11;/h4-6,9H,3,7-8,10,14H2,1-2H3,(H,15,17);1H. The molecule has 18 heavy (non-hydrogen) atoms. The van der Waals surface area contributed by atoms with Crippen molar-refractivity contribution in [1.29, 1.82) is 0 Å². The van der Waals surface area contributed by atoms with Crippen molar-refractivity contribution < 1.29 is 4.79 Å². The number of rotatable bonds is 6. The van der Waals surface area contributed by atoms with Crippen LogP contribution in [0.15, 0.2) is 24.3 Å². The van der Waals surface area contributed by atoms with Crippen molar-refractivity contribution in [1.82, 2.24) is 10.2 Å². The second-order valence-corrected chi connectivity index (χ2v) is 4.17. The first-order valence-electron chi connectivity index (χ1n) is 5.91. The maximum atomic E-state index is 11.6. The summed E-state index contributed by atoms with van der Waals surface area (Å²) in [6.45, 7) is 4.64. The molecule has 1 rings (SSSR count). The van der Waals surface area contributed by atoms with E-state index in [2.05, 4.69) is 17.1 Å². The van der Waals surface area contributed by atoms with Gasteiger partial charge in [-0.1, -0.05) is 19.1 Å². The van der Waals surface area contributed by atoms with Gasteiger partial charge in [-0.3, -0.25) is 4.79 Å². The topological polar surface area (TPSA) is 58.4 Å². The largest absolute Gasteiger partial charge is 0.399 e. The van der Waals surface area contributed by atoms with E-state index < -0.39 is 0 Å². The van der Waals surface area contributed by atoms with Crippen molar-refractivity contribution in [3.63, 3.8) is 0 Å². The summed E-state index contributed by atoms with van der Waals surface area (Å²) in [6.07, 6.45) is 0.390. The number of benzene rings is 1. The van der Waals surface area contributed by atoms with Gasteiger partial charge in [0.1, 0.15) is 0 Å². The molecule has 1 aromatic rings. The number of amides is 1. The minimum atomic E-state index is 0. The zero-order valence-corrected chi connectivity index (χ0v) is 11.8. The molecule has 0 unspecified atom stereocenters. The molecule has 5 heteroatoms. The highest BCUT2D eigenvalue weighted by molar-refractivity contribution is 5.85. The molecular formula is C13H22ClN3O. The molecule has 0 atom stereocenters. The van der Waals surface area contributed by atoms with Crippen LogP contribution in [0.1, 0.15) is 12.5 Å². The van der Waals surface area contributed by atoms with Crippen molar-refractivity contribution in [2.24, 2.45) is 0 Å². The lowest BCUT2D eigenvalue weighted by molar-refractivity contribution is -0.120. The number of likely N-dealkylation sites (N-methyl/N-ethyl adjacent to an activating group) is 1. The van der Waals surface area contributed by atoms with Crippen molar-refractivity contribution in [2.45, 2.75) is 13.3 Å². The van der Waals surface area contributed by atoms with Gasteiger partial charge in [-0.25, -0.2) is 0 Å². The molecule has 0 fully saturated rings. The normalized spacial score (nSPS) is 9.94. The Morgan fingerprint density at radius 3 is 2.78 bits per heavy atom. The quantitative estimate of drug-likeness (QED) is 0.767. The lowest BCUT2D eigenvalue weighted by atomic mass is 10.1. The zero-order valence-electron chi connectivity index (χ0n) is 11.0. The van der Waals surface area contributed by atoms with Crippen LogP contribution in [-0.2, 0) is 11.2 Å². The Hall–Kier alpha value is -1.26. The fourth-order valence-electron chi connectivity index (χ4n) is 1.50. The summed E-state index contributed by atoms with van der Waals surface area (Å²) in [5, 5.41) is 2.89. The van der Waals surface area contributed by atoms with Crippen LogP contribution in [0.5, 0.6) is 0 Å². The summed E-state index contributed by atoms with van der Waals surface area (Å²) in [4.78, 5) is 13.8. The van der Waals surface area contributed by atoms with Crippen LogP contribution in [0, 0.1) is 0 Å². The Labute approximate surface area is 115 Å². The number of nitrogens with one attached hydrogen (secondary N) is 1. The first-order valence-corrected chi connectivity index (χ1v) is 5.91. The summed E-state index contributed by atoms with van der Waals surface area (Å²) < 4.78 is 0. The molecule has 0 bridgehead atoms. The van der Waals surface area contributed by atoms with Gasteiger partial charge in [0.15, 0.2) is 0 Å². The highest BCUT2D eigenvalue weighted by atomic mass is 35.5. The van der Waals surface area contributed by atoms with E-state index in [9.17, 15) is 4.79 Å². The number of carbonyl (C=O) groups excluding carboxylic acids is 1. The van der Waals surface area contributed by atoms with Crippen molar-refractivity contribution in [3.05, 3.63) is 29.8 Å². The van der Waals surface area contributed by atoms with Gasteiger partial charge in [0.2, 0.25) is 5.91 Å². The third kappa shape index (κ3) is 6.47. The monoisotopic (exact) mass is 271 g/mol. The maximum absolute atomic E-state index is 11.6. The van der Waals surface area contributed by atoms with E-state index in [-0.39, 0.29) is 18.3 Å². The van der Waals surface area contributed by atoms with Gasteiger partial charge in [0, 0.05) is 18.8 Å². The molecule has 102 valence electrons. The van der Waals surface area contributed by atoms with Crippen molar-refractivity contribution >= 4 is 24.0 Å². The molecule has 0 saturated carbocycles. The molecule has 0 saturated heterocycles. The molecule has 3 N–H and O–H groups in total. The lowest BCUT2D eigenvalue weighted by Gasteiger charge is -2.13. The summed E-state index contributed by atoms with van der Waals surface area (Å²) in [5.41, 5.74) is 7.30. The van der Waals surface area contributed by atoms with Gasteiger partial charge in [-0.05, 0) is 31.3 Å². The van der Waals surface area contributed by atoms with Crippen LogP contribution in [0.4, 0.5) is 5.69 Å². The van der Waals surface area contributed by atoms with Gasteiger partial charge < -0.3 is 16.0 Å². The van der Waals surface area contributed by atoms with Crippen molar-refractivity contribution in [2.75, 3.05) is 32.4 Å². The average Bonchev–Trinajstić information content (AvgIpc) is 2.28. The zero-order chi connectivity index (χ0) is 12.7. The molecule has 0 radical (unpaired) electrons. The Balaban J connectivity index is 0.00000289. The second-order valence-electron chi connectivity index (χ2n) is 4.17. The number of nitrogen functional groups attached to an aromatic ring is 1. The van der Waals surface area contributed by atoms with E-state index in [1.54, 1.807) is 0 Å². The average molecular weight is 272 g/mol. The first-order chi connectivity index (χ1) is 8.11. The summed E-state index contributed by atoms with van der Waals surface area (Å²) in [6, 6.07) is 7.42. The highest BCUT2D eigenvalue weighted by Crippen LogP contribution is 2.06. The first kappa shape index (κ1) is 16.7. The molecule has 4 nitrogen and oxygen atoms in total. The molecule has 0 spiro atoms. The fourth-order valence-corrected chi connectivity index (χ4v) is 1.50. The van der Waals surface area contributed by atoms with Crippen LogP contribution < -0.4 is 11.1 Å². The van der Waals surface area contributed by atoms with Gasteiger partial charge in [0.25, 0.3) is 0 Å². The van der Waals surface area contributed by atoms with Crippen LogP contribution in [-0.4, -0.2) is 37.5 Å². The van der Waals surface area contributed by atoms with E-state index in [0.29, 0.717) is 18.7 Å². The van der Waals surface area contributed by atoms with Gasteiger partial charge in [-0.2, -0.15) is 0 Å². The van der Waals surface area contributed by atoms with E-state index in [1.165, 1.54) is 0 Å². The van der Waals surface area contributed by atoms with Gasteiger partial charge in [0.05, 0.1) is 6.42 Å². The molecule has 0 aliphatic heterocycles. The minimum Gasteiger partial charge on any atom is -0.399 e. The Kier molecular flexibility index (Phi) is 8.16. The molecule has 1 aromatic carbocycles. The number of anilines is 1. The van der Waals surface area contributed by atoms with Crippen LogP contribution in [0.3, 0.4) is 0 Å². The maximum Gasteiger partial charge on any atom is 0.224 e. The molecule has 0 heterocycles. The smallest absolute Gasteiger partial charge is 0.224 e. The summed E-state index contributed by atoms with van der Waals surface area (Å²) in [7, 11) is 2.03. The van der Waals surface area contributed by atoms with Gasteiger partial charge >= 0.3 is 0 Å². The fraction of sp³-hybridized carbons (Fsp3) is 0.462. The molecular weight excluding hydrogens is 250 g/mol. The number of nitrogens with zero attached hydrogens (tertiary/aromatic N) is 1. The Morgan fingerprint density at radius 1 is 1.44 bits per heavy atom. The number of nitrogens with two attached hydrogens (primary N) is 1. The third-order valence-corrected chi connectivity index (χ3v) is 2.67. The second kappa shape index (κ2) is 8.78. The molecule has 0 aliphatic rings. The number of halogens is 1. The lowest BCUT2D eigenvalue weighted by Crippen LogP contribution is -2.33. The number of carbonyl (C=O) groups is 1.